The molecule has 1 aliphatic heterocycles. The maximum absolute atomic E-state index is 12.5. The SMILES string of the molecule is O=C(N1CCC(C(=O)O)(c2ccc(Br)cc2)C1)C(F)(F)F. The third-order valence-electron chi connectivity index (χ3n) is 3.61. The van der Waals surface area contributed by atoms with Crippen LogP contribution in [0.15, 0.2) is 28.7 Å². The lowest BCUT2D eigenvalue weighted by Crippen LogP contribution is -2.44. The van der Waals surface area contributed by atoms with E-state index in [0.717, 1.165) is 4.47 Å². The topological polar surface area (TPSA) is 57.6 Å². The van der Waals surface area contributed by atoms with Gasteiger partial charge in [-0.05, 0) is 24.1 Å². The van der Waals surface area contributed by atoms with Crippen LogP contribution in [0.4, 0.5) is 13.2 Å². The Balaban J connectivity index is 2.33. The first kappa shape index (κ1) is 15.8. The molecular formula is C13H11BrF3NO3. The van der Waals surface area contributed by atoms with Gasteiger partial charge in [0.2, 0.25) is 0 Å². The van der Waals surface area contributed by atoms with Crippen molar-refractivity contribution >= 4 is 27.8 Å². The van der Waals surface area contributed by atoms with Crippen molar-refractivity contribution in [2.75, 3.05) is 13.1 Å². The van der Waals surface area contributed by atoms with Crippen molar-refractivity contribution in [3.8, 4) is 0 Å². The molecule has 1 aliphatic rings. The van der Waals surface area contributed by atoms with Crippen LogP contribution < -0.4 is 0 Å². The minimum atomic E-state index is -4.99. The number of rotatable bonds is 2. The fraction of sp³-hybridized carbons (Fsp3) is 0.385. The third-order valence-corrected chi connectivity index (χ3v) is 4.13. The maximum Gasteiger partial charge on any atom is 0.471 e. The Hall–Kier alpha value is -1.57. The van der Waals surface area contributed by atoms with Gasteiger partial charge in [0.1, 0.15) is 5.41 Å². The Bertz CT molecular complexity index is 573. The Morgan fingerprint density at radius 1 is 1.24 bits per heavy atom. The average Bonchev–Trinajstić information content (AvgIpc) is 2.83. The predicted molar refractivity (Wildman–Crippen MR) is 70.7 cm³/mol. The fourth-order valence-electron chi connectivity index (χ4n) is 2.46. The summed E-state index contributed by atoms with van der Waals surface area (Å²) >= 11 is 3.21. The smallest absolute Gasteiger partial charge is 0.471 e. The highest BCUT2D eigenvalue weighted by Gasteiger charge is 2.52. The number of halogens is 4. The van der Waals surface area contributed by atoms with Crippen LogP contribution in [0.2, 0.25) is 0 Å². The van der Waals surface area contributed by atoms with Crippen LogP contribution in [0.3, 0.4) is 0 Å². The van der Waals surface area contributed by atoms with E-state index < -0.39 is 30.0 Å². The van der Waals surface area contributed by atoms with E-state index in [4.69, 9.17) is 0 Å². The first-order valence-corrected chi connectivity index (χ1v) is 6.82. The van der Waals surface area contributed by atoms with Crippen molar-refractivity contribution < 1.29 is 27.9 Å². The molecule has 1 saturated heterocycles. The molecule has 1 aromatic carbocycles. The number of carboxylic acids is 1. The summed E-state index contributed by atoms with van der Waals surface area (Å²) < 4.78 is 38.1. The lowest BCUT2D eigenvalue weighted by Gasteiger charge is -2.25. The number of benzene rings is 1. The van der Waals surface area contributed by atoms with Gasteiger partial charge < -0.3 is 10.0 Å². The standard InChI is InChI=1S/C13H11BrF3NO3/c14-9-3-1-8(2-4-9)12(11(20)21)5-6-18(7-12)10(19)13(15,16)17/h1-4H,5-7H2,(H,20,21). The summed E-state index contributed by atoms with van der Waals surface area (Å²) in [5.41, 5.74) is -1.11. The van der Waals surface area contributed by atoms with Gasteiger partial charge in [0.25, 0.3) is 0 Å². The molecule has 8 heteroatoms. The van der Waals surface area contributed by atoms with E-state index in [9.17, 15) is 27.9 Å². The highest BCUT2D eigenvalue weighted by molar-refractivity contribution is 9.10. The highest BCUT2D eigenvalue weighted by atomic mass is 79.9. The normalized spacial score (nSPS) is 22.4. The van der Waals surface area contributed by atoms with Crippen molar-refractivity contribution in [3.05, 3.63) is 34.3 Å². The molecule has 0 spiro atoms. The van der Waals surface area contributed by atoms with Crippen molar-refractivity contribution in [2.24, 2.45) is 0 Å². The first-order valence-electron chi connectivity index (χ1n) is 6.02. The number of carbonyl (C=O) groups excluding carboxylic acids is 1. The minimum absolute atomic E-state index is 0.0498. The van der Waals surface area contributed by atoms with E-state index in [1.54, 1.807) is 24.3 Å². The number of alkyl halides is 3. The van der Waals surface area contributed by atoms with Gasteiger partial charge >= 0.3 is 18.1 Å². The van der Waals surface area contributed by atoms with Crippen LogP contribution in [0.1, 0.15) is 12.0 Å². The molecule has 4 nitrogen and oxygen atoms in total. The molecule has 0 aliphatic carbocycles. The molecule has 21 heavy (non-hydrogen) atoms. The molecular weight excluding hydrogens is 355 g/mol. The second-order valence-electron chi connectivity index (χ2n) is 4.87. The van der Waals surface area contributed by atoms with Gasteiger partial charge in [-0.3, -0.25) is 9.59 Å². The Kier molecular flexibility index (Phi) is 4.01. The van der Waals surface area contributed by atoms with Crippen molar-refractivity contribution in [3.63, 3.8) is 0 Å². The number of nitrogens with zero attached hydrogens (tertiary/aromatic N) is 1. The molecule has 1 fully saturated rings. The predicted octanol–water partition coefficient (Wildman–Crippen LogP) is 2.57. The lowest BCUT2D eigenvalue weighted by atomic mass is 9.80. The lowest BCUT2D eigenvalue weighted by molar-refractivity contribution is -0.184. The molecule has 1 unspecified atom stereocenters. The van der Waals surface area contributed by atoms with Gasteiger partial charge in [0, 0.05) is 17.6 Å². The Morgan fingerprint density at radius 2 is 1.81 bits per heavy atom. The number of aliphatic carboxylic acids is 1. The van der Waals surface area contributed by atoms with Crippen molar-refractivity contribution in [2.45, 2.75) is 18.0 Å². The second-order valence-corrected chi connectivity index (χ2v) is 5.78. The number of likely N-dealkylation sites (tertiary alicyclic amines) is 1. The molecule has 0 saturated carbocycles. The molecule has 114 valence electrons. The summed E-state index contributed by atoms with van der Waals surface area (Å²) in [6, 6.07) is 6.32. The van der Waals surface area contributed by atoms with E-state index in [1.807, 2.05) is 0 Å². The van der Waals surface area contributed by atoms with Gasteiger partial charge in [0.15, 0.2) is 0 Å². The van der Waals surface area contributed by atoms with E-state index in [-0.39, 0.29) is 13.0 Å². The second kappa shape index (κ2) is 5.32. The largest absolute Gasteiger partial charge is 0.481 e. The van der Waals surface area contributed by atoms with Gasteiger partial charge in [0.05, 0.1) is 0 Å². The van der Waals surface area contributed by atoms with Gasteiger partial charge in [-0.15, -0.1) is 0 Å². The Labute approximate surface area is 126 Å². The number of hydrogen-bond donors (Lipinski definition) is 1. The van der Waals surface area contributed by atoms with Crippen LogP contribution in [0.25, 0.3) is 0 Å². The monoisotopic (exact) mass is 365 g/mol. The fourth-order valence-corrected chi connectivity index (χ4v) is 2.73. The van der Waals surface area contributed by atoms with Gasteiger partial charge in [-0.2, -0.15) is 13.2 Å². The Morgan fingerprint density at radius 3 is 2.29 bits per heavy atom. The quantitative estimate of drug-likeness (QED) is 0.876. The zero-order valence-electron chi connectivity index (χ0n) is 10.7. The summed E-state index contributed by atoms with van der Waals surface area (Å²) in [6.07, 6.45) is -5.04. The summed E-state index contributed by atoms with van der Waals surface area (Å²) in [5, 5.41) is 9.46. The molecule has 0 aromatic heterocycles. The molecule has 0 bridgehead atoms. The zero-order chi connectivity index (χ0) is 15.8. The maximum atomic E-state index is 12.5. The molecule has 1 atom stereocenters. The van der Waals surface area contributed by atoms with Crippen LogP contribution in [0.5, 0.6) is 0 Å². The third kappa shape index (κ3) is 2.90. The molecule has 2 rings (SSSR count). The summed E-state index contributed by atoms with van der Waals surface area (Å²) in [7, 11) is 0. The number of carbonyl (C=O) groups is 2. The number of carboxylic acid groups (broad SMARTS) is 1. The highest BCUT2D eigenvalue weighted by Crippen LogP contribution is 2.37. The van der Waals surface area contributed by atoms with Crippen molar-refractivity contribution in [1.82, 2.24) is 4.90 Å². The molecule has 1 amide bonds. The van der Waals surface area contributed by atoms with E-state index >= 15 is 0 Å². The van der Waals surface area contributed by atoms with Crippen LogP contribution >= 0.6 is 15.9 Å². The average molecular weight is 366 g/mol. The number of hydrogen-bond acceptors (Lipinski definition) is 2. The summed E-state index contributed by atoms with van der Waals surface area (Å²) in [5.74, 6) is -3.23. The van der Waals surface area contributed by atoms with Gasteiger partial charge in [-0.25, -0.2) is 0 Å². The van der Waals surface area contributed by atoms with Gasteiger partial charge in [-0.1, -0.05) is 28.1 Å². The molecule has 0 radical (unpaired) electrons. The first-order chi connectivity index (χ1) is 9.67. The number of amides is 1. The van der Waals surface area contributed by atoms with Crippen LogP contribution in [-0.4, -0.2) is 41.1 Å². The van der Waals surface area contributed by atoms with Crippen LogP contribution in [-0.2, 0) is 15.0 Å². The molecule has 1 aromatic rings. The van der Waals surface area contributed by atoms with E-state index in [1.165, 1.54) is 0 Å². The van der Waals surface area contributed by atoms with E-state index in [2.05, 4.69) is 15.9 Å². The summed E-state index contributed by atoms with van der Waals surface area (Å²) in [4.78, 5) is 23.4. The zero-order valence-corrected chi connectivity index (χ0v) is 12.2. The van der Waals surface area contributed by atoms with Crippen molar-refractivity contribution in [1.29, 1.82) is 0 Å². The molecule has 1 heterocycles. The van der Waals surface area contributed by atoms with E-state index in [0.29, 0.717) is 10.5 Å². The minimum Gasteiger partial charge on any atom is -0.481 e. The summed E-state index contributed by atoms with van der Waals surface area (Å²) in [6.45, 7) is -0.719. The van der Waals surface area contributed by atoms with Crippen LogP contribution in [0, 0.1) is 0 Å². The molecule has 1 N–H and O–H groups in total.